The van der Waals surface area contributed by atoms with E-state index in [1.807, 2.05) is 0 Å². The van der Waals surface area contributed by atoms with Crippen molar-refractivity contribution >= 4 is 34.1 Å². The fourth-order valence-corrected chi connectivity index (χ4v) is 4.85. The van der Waals surface area contributed by atoms with Gasteiger partial charge in [0.25, 0.3) is 0 Å². The number of rotatable bonds is 6. The Balaban J connectivity index is 1.48. The Bertz CT molecular complexity index is 786. The molecule has 1 aliphatic heterocycles. The van der Waals surface area contributed by atoms with Crippen molar-refractivity contribution < 1.29 is 9.21 Å². The quantitative estimate of drug-likeness (QED) is 0.676. The SMILES string of the molecule is CC(C)N1CCC(C(=O)Nc2ncc(SCc3ncc(C(C)(C)C)o3)s2)CC1. The van der Waals surface area contributed by atoms with Crippen molar-refractivity contribution in [1.29, 1.82) is 0 Å². The third-order valence-electron chi connectivity index (χ3n) is 4.98. The smallest absolute Gasteiger partial charge is 0.229 e. The number of hydrogen-bond donors (Lipinski definition) is 1. The molecule has 0 radical (unpaired) electrons. The average Bonchev–Trinajstić information content (AvgIpc) is 3.29. The van der Waals surface area contributed by atoms with E-state index in [1.54, 1.807) is 24.2 Å². The standard InChI is InChI=1S/C20H30N4O2S2/c1-13(2)24-8-6-14(7-9-24)18(25)23-19-22-11-17(28-19)27-12-16-21-10-15(26-16)20(3,4)5/h10-11,13-14H,6-9,12H2,1-5H3,(H,22,23,25). The molecule has 0 unspecified atom stereocenters. The number of likely N-dealkylation sites (tertiary alicyclic amines) is 1. The summed E-state index contributed by atoms with van der Waals surface area (Å²) < 4.78 is 6.87. The Morgan fingerprint density at radius 1 is 1.32 bits per heavy atom. The molecular weight excluding hydrogens is 392 g/mol. The van der Waals surface area contributed by atoms with Gasteiger partial charge in [-0.05, 0) is 39.8 Å². The summed E-state index contributed by atoms with van der Waals surface area (Å²) in [6.07, 6.45) is 5.44. The van der Waals surface area contributed by atoms with Crippen LogP contribution in [0, 0.1) is 5.92 Å². The first-order valence-electron chi connectivity index (χ1n) is 9.81. The van der Waals surface area contributed by atoms with Crippen LogP contribution in [-0.2, 0) is 16.0 Å². The Labute approximate surface area is 175 Å². The second kappa shape index (κ2) is 8.97. The Hall–Kier alpha value is -1.38. The lowest BCUT2D eigenvalue weighted by Crippen LogP contribution is -2.41. The summed E-state index contributed by atoms with van der Waals surface area (Å²) in [5.74, 6) is 2.43. The number of hydrogen-bond acceptors (Lipinski definition) is 7. The molecule has 3 rings (SSSR count). The molecule has 0 atom stereocenters. The highest BCUT2D eigenvalue weighted by Gasteiger charge is 2.26. The molecule has 0 saturated carbocycles. The average molecular weight is 423 g/mol. The van der Waals surface area contributed by atoms with Crippen molar-refractivity contribution in [1.82, 2.24) is 14.9 Å². The van der Waals surface area contributed by atoms with Crippen molar-refractivity contribution in [3.63, 3.8) is 0 Å². The van der Waals surface area contributed by atoms with Crippen LogP contribution in [0.25, 0.3) is 0 Å². The Morgan fingerprint density at radius 2 is 2.04 bits per heavy atom. The fraction of sp³-hybridized carbons (Fsp3) is 0.650. The first kappa shape index (κ1) is 21.3. The first-order chi connectivity index (χ1) is 13.2. The molecule has 0 spiro atoms. The van der Waals surface area contributed by atoms with E-state index in [-0.39, 0.29) is 17.2 Å². The highest BCUT2D eigenvalue weighted by atomic mass is 32.2. The molecule has 1 fully saturated rings. The van der Waals surface area contributed by atoms with Crippen LogP contribution in [0.4, 0.5) is 5.13 Å². The molecule has 1 aliphatic rings. The summed E-state index contributed by atoms with van der Waals surface area (Å²) >= 11 is 3.13. The van der Waals surface area contributed by atoms with Gasteiger partial charge >= 0.3 is 0 Å². The van der Waals surface area contributed by atoms with Gasteiger partial charge in [0.15, 0.2) is 5.13 Å². The molecular formula is C20H30N4O2S2. The minimum absolute atomic E-state index is 0.0385. The van der Waals surface area contributed by atoms with E-state index in [4.69, 9.17) is 4.42 Å². The van der Waals surface area contributed by atoms with E-state index in [0.717, 1.165) is 35.9 Å². The van der Waals surface area contributed by atoms with E-state index in [2.05, 4.69) is 54.8 Å². The summed E-state index contributed by atoms with van der Waals surface area (Å²) in [5, 5.41) is 3.66. The number of thiazole rings is 1. The van der Waals surface area contributed by atoms with Gasteiger partial charge < -0.3 is 14.6 Å². The maximum Gasteiger partial charge on any atom is 0.229 e. The number of oxazole rings is 1. The molecule has 1 N–H and O–H groups in total. The molecule has 0 bridgehead atoms. The Morgan fingerprint density at radius 3 is 2.64 bits per heavy atom. The van der Waals surface area contributed by atoms with Crippen LogP contribution >= 0.6 is 23.1 Å². The van der Waals surface area contributed by atoms with Gasteiger partial charge in [-0.1, -0.05) is 32.1 Å². The van der Waals surface area contributed by atoms with Crippen molar-refractivity contribution in [2.24, 2.45) is 5.92 Å². The summed E-state index contributed by atoms with van der Waals surface area (Å²) in [6.45, 7) is 12.7. The lowest BCUT2D eigenvalue weighted by molar-refractivity contribution is -0.121. The number of carbonyl (C=O) groups excluding carboxylic acids is 1. The number of carbonyl (C=O) groups is 1. The summed E-state index contributed by atoms with van der Waals surface area (Å²) in [5.41, 5.74) is -0.0385. The lowest BCUT2D eigenvalue weighted by Gasteiger charge is -2.33. The minimum atomic E-state index is -0.0385. The van der Waals surface area contributed by atoms with Crippen molar-refractivity contribution in [2.75, 3.05) is 18.4 Å². The number of thioether (sulfide) groups is 1. The monoisotopic (exact) mass is 422 g/mol. The van der Waals surface area contributed by atoms with Crippen LogP contribution in [-0.4, -0.2) is 39.9 Å². The van der Waals surface area contributed by atoms with E-state index in [9.17, 15) is 4.79 Å². The number of anilines is 1. The van der Waals surface area contributed by atoms with Crippen LogP contribution in [0.5, 0.6) is 0 Å². The second-order valence-electron chi connectivity index (χ2n) is 8.53. The van der Waals surface area contributed by atoms with Gasteiger partial charge in [-0.3, -0.25) is 4.79 Å². The summed E-state index contributed by atoms with van der Waals surface area (Å²) in [4.78, 5) is 23.7. The highest BCUT2D eigenvalue weighted by molar-refractivity contribution is 8.00. The third kappa shape index (κ3) is 5.58. The number of nitrogens with zero attached hydrogens (tertiary/aromatic N) is 3. The van der Waals surface area contributed by atoms with E-state index in [1.165, 1.54) is 11.3 Å². The predicted molar refractivity (Wildman–Crippen MR) is 115 cm³/mol. The molecule has 2 aromatic heterocycles. The van der Waals surface area contributed by atoms with Gasteiger partial charge in [0.1, 0.15) is 5.76 Å². The zero-order valence-electron chi connectivity index (χ0n) is 17.3. The molecule has 28 heavy (non-hydrogen) atoms. The highest BCUT2D eigenvalue weighted by Crippen LogP contribution is 2.32. The lowest BCUT2D eigenvalue weighted by atomic mass is 9.94. The van der Waals surface area contributed by atoms with Gasteiger partial charge in [-0.2, -0.15) is 0 Å². The van der Waals surface area contributed by atoms with Crippen molar-refractivity contribution in [3.8, 4) is 0 Å². The molecule has 154 valence electrons. The van der Waals surface area contributed by atoms with Gasteiger partial charge in [-0.25, -0.2) is 9.97 Å². The zero-order valence-corrected chi connectivity index (χ0v) is 19.0. The normalized spacial score (nSPS) is 16.6. The maximum absolute atomic E-state index is 12.5. The summed E-state index contributed by atoms with van der Waals surface area (Å²) in [6, 6.07) is 0.547. The minimum Gasteiger partial charge on any atom is -0.444 e. The van der Waals surface area contributed by atoms with Gasteiger partial charge in [0, 0.05) is 17.4 Å². The molecule has 0 aromatic carbocycles. The predicted octanol–water partition coefficient (Wildman–Crippen LogP) is 4.78. The zero-order chi connectivity index (χ0) is 20.3. The second-order valence-corrected chi connectivity index (χ2v) is 10.8. The molecule has 8 heteroatoms. The summed E-state index contributed by atoms with van der Waals surface area (Å²) in [7, 11) is 0. The van der Waals surface area contributed by atoms with Crippen molar-refractivity contribution in [2.45, 2.75) is 68.9 Å². The number of aromatic nitrogens is 2. The van der Waals surface area contributed by atoms with Gasteiger partial charge in [0.05, 0.1) is 22.4 Å². The van der Waals surface area contributed by atoms with Gasteiger partial charge in [-0.15, -0.1) is 11.8 Å². The maximum atomic E-state index is 12.5. The van der Waals surface area contributed by atoms with E-state index < -0.39 is 0 Å². The van der Waals surface area contributed by atoms with Crippen LogP contribution < -0.4 is 5.32 Å². The van der Waals surface area contributed by atoms with Crippen LogP contribution in [0.1, 0.15) is 59.1 Å². The number of nitrogens with one attached hydrogen (secondary N) is 1. The van der Waals surface area contributed by atoms with Crippen molar-refractivity contribution in [3.05, 3.63) is 24.0 Å². The van der Waals surface area contributed by atoms with E-state index in [0.29, 0.717) is 22.8 Å². The van der Waals surface area contributed by atoms with Crippen LogP contribution in [0.3, 0.4) is 0 Å². The topological polar surface area (TPSA) is 71.3 Å². The number of amides is 1. The molecule has 6 nitrogen and oxygen atoms in total. The van der Waals surface area contributed by atoms with Crippen LogP contribution in [0.15, 0.2) is 21.0 Å². The number of piperidine rings is 1. The molecule has 1 saturated heterocycles. The molecule has 1 amide bonds. The first-order valence-corrected chi connectivity index (χ1v) is 11.6. The fourth-order valence-electron chi connectivity index (χ4n) is 3.13. The molecule has 2 aromatic rings. The van der Waals surface area contributed by atoms with Gasteiger partial charge in [0.2, 0.25) is 11.8 Å². The third-order valence-corrected chi connectivity index (χ3v) is 7.07. The van der Waals surface area contributed by atoms with E-state index >= 15 is 0 Å². The molecule has 3 heterocycles. The van der Waals surface area contributed by atoms with Crippen LogP contribution in [0.2, 0.25) is 0 Å². The Kier molecular flexibility index (Phi) is 6.83. The molecule has 0 aliphatic carbocycles. The largest absolute Gasteiger partial charge is 0.444 e.